The standard InChI is InChI=1S/C24H28N6O2S.CH4/c1-16-20(14-27-10-11-28-9-3-4-18(28)13-27)33-23-21(16)22-25-15-26-30(22)24(31)29(23)12-17-5-7-19(32-2)8-6-17;/h5-8,15,18H,3-4,9-14H2,1-2H3;1H4/t18-;/m0./s1. The maximum atomic E-state index is 13.4. The van der Waals surface area contributed by atoms with Gasteiger partial charge in [-0.25, -0.2) is 9.78 Å². The monoisotopic (exact) mass is 480 g/mol. The maximum absolute atomic E-state index is 13.4. The van der Waals surface area contributed by atoms with Gasteiger partial charge in [0, 0.05) is 37.1 Å². The molecule has 0 spiro atoms. The van der Waals surface area contributed by atoms with Crippen molar-refractivity contribution in [2.45, 2.75) is 46.3 Å². The molecule has 6 rings (SSSR count). The minimum Gasteiger partial charge on any atom is -0.497 e. The molecule has 0 radical (unpaired) electrons. The fourth-order valence-electron chi connectivity index (χ4n) is 5.36. The second kappa shape index (κ2) is 9.13. The van der Waals surface area contributed by atoms with Crippen molar-refractivity contribution in [1.82, 2.24) is 29.0 Å². The Balaban J connectivity index is 0.00000241. The molecule has 5 heterocycles. The summed E-state index contributed by atoms with van der Waals surface area (Å²) in [6.45, 7) is 8.21. The van der Waals surface area contributed by atoms with Gasteiger partial charge in [0.1, 0.15) is 16.9 Å². The molecule has 0 bridgehead atoms. The number of rotatable bonds is 5. The highest BCUT2D eigenvalue weighted by Crippen LogP contribution is 2.34. The summed E-state index contributed by atoms with van der Waals surface area (Å²) in [5.74, 6) is 0.805. The van der Waals surface area contributed by atoms with E-state index in [0.29, 0.717) is 18.2 Å². The van der Waals surface area contributed by atoms with Gasteiger partial charge in [-0.15, -0.1) is 11.3 Å². The highest BCUT2D eigenvalue weighted by atomic mass is 32.1. The molecule has 9 heteroatoms. The summed E-state index contributed by atoms with van der Waals surface area (Å²) >= 11 is 1.73. The smallest absolute Gasteiger partial charge is 0.352 e. The molecule has 4 aromatic rings. The molecule has 0 aliphatic carbocycles. The molecule has 8 nitrogen and oxygen atoms in total. The van der Waals surface area contributed by atoms with E-state index < -0.39 is 0 Å². The van der Waals surface area contributed by atoms with Gasteiger partial charge in [0.2, 0.25) is 0 Å². The Kier molecular flexibility index (Phi) is 6.18. The first-order chi connectivity index (χ1) is 16.1. The normalized spacial score (nSPS) is 18.9. The molecule has 2 aliphatic heterocycles. The lowest BCUT2D eigenvalue weighted by molar-refractivity contribution is 0.100. The first kappa shape index (κ1) is 23.0. The van der Waals surface area contributed by atoms with Gasteiger partial charge in [0.25, 0.3) is 0 Å². The van der Waals surface area contributed by atoms with Gasteiger partial charge in [0.15, 0.2) is 5.65 Å². The zero-order chi connectivity index (χ0) is 22.5. The van der Waals surface area contributed by atoms with Crippen LogP contribution in [0.15, 0.2) is 35.4 Å². The zero-order valence-corrected chi connectivity index (χ0v) is 19.8. The Morgan fingerprint density at radius 2 is 1.97 bits per heavy atom. The average Bonchev–Trinajstić information content (AvgIpc) is 3.56. The highest BCUT2D eigenvalue weighted by molar-refractivity contribution is 7.19. The Morgan fingerprint density at radius 1 is 1.15 bits per heavy atom. The number of aromatic nitrogens is 4. The quantitative estimate of drug-likeness (QED) is 0.436. The van der Waals surface area contributed by atoms with Crippen LogP contribution in [0.1, 0.15) is 36.3 Å². The molecule has 1 aromatic carbocycles. The Hall–Kier alpha value is -2.75. The number of methoxy groups -OCH3 is 1. The largest absolute Gasteiger partial charge is 0.497 e. The third kappa shape index (κ3) is 3.81. The van der Waals surface area contributed by atoms with Gasteiger partial charge < -0.3 is 4.74 Å². The third-order valence-electron chi connectivity index (χ3n) is 7.19. The predicted molar refractivity (Wildman–Crippen MR) is 136 cm³/mol. The van der Waals surface area contributed by atoms with Gasteiger partial charge >= 0.3 is 5.69 Å². The lowest BCUT2D eigenvalue weighted by atomic mass is 10.1. The maximum Gasteiger partial charge on any atom is 0.352 e. The van der Waals surface area contributed by atoms with E-state index in [0.717, 1.165) is 47.7 Å². The summed E-state index contributed by atoms with van der Waals surface area (Å²) in [7, 11) is 1.66. The number of nitrogens with zero attached hydrogens (tertiary/aromatic N) is 6. The van der Waals surface area contributed by atoms with Crippen LogP contribution in [-0.4, -0.2) is 68.3 Å². The van der Waals surface area contributed by atoms with Gasteiger partial charge in [-0.3, -0.25) is 14.4 Å². The summed E-state index contributed by atoms with van der Waals surface area (Å²) < 4.78 is 8.56. The first-order valence-electron chi connectivity index (χ1n) is 11.6. The van der Waals surface area contributed by atoms with Crippen molar-refractivity contribution in [2.24, 2.45) is 0 Å². The van der Waals surface area contributed by atoms with Crippen molar-refractivity contribution in [2.75, 3.05) is 33.3 Å². The Bertz CT molecular complexity index is 1370. The number of aryl methyl sites for hydroxylation is 1. The number of hydrogen-bond acceptors (Lipinski definition) is 7. The second-order valence-electron chi connectivity index (χ2n) is 9.11. The van der Waals surface area contributed by atoms with Crippen LogP contribution in [0.4, 0.5) is 0 Å². The number of hydrogen-bond donors (Lipinski definition) is 0. The first-order valence-corrected chi connectivity index (χ1v) is 12.4. The van der Waals surface area contributed by atoms with E-state index in [1.807, 2.05) is 28.8 Å². The fourth-order valence-corrected chi connectivity index (χ4v) is 6.69. The third-order valence-corrected chi connectivity index (χ3v) is 8.49. The molecule has 0 saturated carbocycles. The SMILES string of the molecule is C.COc1ccc(Cn2c(=O)n3ncnc3c3c(C)c(CN4CCN5CCC[C@H]5C4)sc32)cc1. The van der Waals surface area contributed by atoms with E-state index in [1.165, 1.54) is 40.7 Å². The molecule has 3 aromatic heterocycles. The Labute approximate surface area is 203 Å². The number of benzene rings is 1. The minimum absolute atomic E-state index is 0. The van der Waals surface area contributed by atoms with Gasteiger partial charge in [-0.1, -0.05) is 19.6 Å². The summed E-state index contributed by atoms with van der Waals surface area (Å²) in [6, 6.07) is 8.57. The van der Waals surface area contributed by atoms with E-state index in [-0.39, 0.29) is 13.1 Å². The Morgan fingerprint density at radius 3 is 2.76 bits per heavy atom. The molecule has 180 valence electrons. The van der Waals surface area contributed by atoms with Crippen molar-refractivity contribution in [3.8, 4) is 5.75 Å². The summed E-state index contributed by atoms with van der Waals surface area (Å²) in [5.41, 5.74) is 2.76. The molecular weight excluding hydrogens is 448 g/mol. The van der Waals surface area contributed by atoms with Gasteiger partial charge in [-0.2, -0.15) is 9.61 Å². The molecule has 0 amide bonds. The van der Waals surface area contributed by atoms with E-state index in [1.54, 1.807) is 18.4 Å². The van der Waals surface area contributed by atoms with Crippen molar-refractivity contribution >= 4 is 27.2 Å². The summed E-state index contributed by atoms with van der Waals surface area (Å²) in [6.07, 6.45) is 4.11. The van der Waals surface area contributed by atoms with Crippen LogP contribution in [0, 0.1) is 6.92 Å². The highest BCUT2D eigenvalue weighted by Gasteiger charge is 2.31. The van der Waals surface area contributed by atoms with Crippen LogP contribution in [-0.2, 0) is 13.1 Å². The lowest BCUT2D eigenvalue weighted by Crippen LogP contribution is -2.49. The van der Waals surface area contributed by atoms with Crippen molar-refractivity contribution in [3.63, 3.8) is 0 Å². The topological polar surface area (TPSA) is 67.9 Å². The lowest BCUT2D eigenvalue weighted by Gasteiger charge is -2.37. The molecular formula is C25H32N6O2S. The molecule has 1 atom stereocenters. The number of thiophene rings is 1. The predicted octanol–water partition coefficient (Wildman–Crippen LogP) is 3.39. The summed E-state index contributed by atoms with van der Waals surface area (Å²) in [4.78, 5) is 25.3. The van der Waals surface area contributed by atoms with Crippen LogP contribution in [0.3, 0.4) is 0 Å². The average molecular weight is 481 g/mol. The number of fused-ring (bicyclic) bond motifs is 4. The number of piperazine rings is 1. The van der Waals surface area contributed by atoms with Crippen molar-refractivity contribution in [1.29, 1.82) is 0 Å². The zero-order valence-electron chi connectivity index (χ0n) is 19.0. The van der Waals surface area contributed by atoms with Gasteiger partial charge in [0.05, 0.1) is 19.0 Å². The molecule has 0 unspecified atom stereocenters. The van der Waals surface area contributed by atoms with Gasteiger partial charge in [-0.05, 0) is 49.6 Å². The van der Waals surface area contributed by atoms with Crippen LogP contribution < -0.4 is 10.4 Å². The number of ether oxygens (including phenoxy) is 1. The minimum atomic E-state index is -0.154. The van der Waals surface area contributed by atoms with Crippen LogP contribution in [0.2, 0.25) is 0 Å². The molecule has 2 saturated heterocycles. The van der Waals surface area contributed by atoms with Crippen LogP contribution in [0.5, 0.6) is 5.75 Å². The van der Waals surface area contributed by atoms with E-state index >= 15 is 0 Å². The van der Waals surface area contributed by atoms with E-state index in [4.69, 9.17) is 4.74 Å². The molecule has 2 aliphatic rings. The van der Waals surface area contributed by atoms with Crippen LogP contribution in [0.25, 0.3) is 15.9 Å². The molecule has 0 N–H and O–H groups in total. The van der Waals surface area contributed by atoms with Crippen molar-refractivity contribution < 1.29 is 4.74 Å². The molecule has 34 heavy (non-hydrogen) atoms. The fraction of sp³-hybridized carbons (Fsp3) is 0.480. The van der Waals surface area contributed by atoms with E-state index in [9.17, 15) is 4.79 Å². The summed E-state index contributed by atoms with van der Waals surface area (Å²) in [5, 5.41) is 5.28. The van der Waals surface area contributed by atoms with Crippen LogP contribution >= 0.6 is 11.3 Å². The van der Waals surface area contributed by atoms with E-state index in [2.05, 4.69) is 26.8 Å². The second-order valence-corrected chi connectivity index (χ2v) is 10.2. The molecule has 2 fully saturated rings. The van der Waals surface area contributed by atoms with Crippen molar-refractivity contribution in [3.05, 3.63) is 57.1 Å².